The largest absolute Gasteiger partial charge is 0.494 e. The molecule has 9 nitrogen and oxygen atoms in total. The molecule has 2 rings (SSSR count). The van der Waals surface area contributed by atoms with Gasteiger partial charge in [-0.05, 0) is 61.4 Å². The molecule has 2 N–H and O–H groups in total. The van der Waals surface area contributed by atoms with Crippen LogP contribution in [0.4, 0.5) is 5.69 Å². The first-order chi connectivity index (χ1) is 15.8. The molecule has 0 amide bonds. The quantitative estimate of drug-likeness (QED) is 0.191. The van der Waals surface area contributed by atoms with E-state index in [9.17, 15) is 24.0 Å². The van der Waals surface area contributed by atoms with Crippen LogP contribution in [-0.2, 0) is 19.2 Å². The summed E-state index contributed by atoms with van der Waals surface area (Å²) < 4.78 is 5.56. The van der Waals surface area contributed by atoms with Crippen LogP contribution in [0.5, 0.6) is 5.75 Å². The van der Waals surface area contributed by atoms with E-state index in [-0.39, 0.29) is 43.9 Å². The molecule has 172 valence electrons. The van der Waals surface area contributed by atoms with Crippen molar-refractivity contribution in [2.75, 3.05) is 6.61 Å². The zero-order valence-corrected chi connectivity index (χ0v) is 17.7. The van der Waals surface area contributed by atoms with Crippen LogP contribution in [0.1, 0.15) is 48.0 Å². The van der Waals surface area contributed by atoms with Gasteiger partial charge < -0.3 is 14.9 Å². The topological polar surface area (TPSA) is 147 Å². The maximum Gasteiger partial charge on any atom is 0.306 e. The number of rotatable bonds is 14. The van der Waals surface area contributed by atoms with Crippen molar-refractivity contribution in [3.05, 3.63) is 59.7 Å². The molecule has 0 aliphatic rings. The molecule has 1 unspecified atom stereocenters. The highest BCUT2D eigenvalue weighted by molar-refractivity contribution is 6.09. The SMILES string of the molecule is O=C=Nc1ccc(C(=O)c2ccc(OCCCC(=O)CC(CCC(=O)O)C(=O)O)cc2)cc1. The van der Waals surface area contributed by atoms with Gasteiger partial charge in [-0.15, -0.1) is 0 Å². The van der Waals surface area contributed by atoms with Crippen LogP contribution in [0, 0.1) is 5.92 Å². The van der Waals surface area contributed by atoms with Crippen LogP contribution in [0.25, 0.3) is 0 Å². The van der Waals surface area contributed by atoms with Crippen LogP contribution in [0.3, 0.4) is 0 Å². The Hall–Kier alpha value is -4.10. The molecule has 2 aromatic carbocycles. The van der Waals surface area contributed by atoms with Crippen molar-refractivity contribution in [3.63, 3.8) is 0 Å². The first-order valence-corrected chi connectivity index (χ1v) is 10.2. The summed E-state index contributed by atoms with van der Waals surface area (Å²) in [7, 11) is 0. The summed E-state index contributed by atoms with van der Waals surface area (Å²) in [5.41, 5.74) is 1.29. The normalized spacial score (nSPS) is 11.2. The highest BCUT2D eigenvalue weighted by atomic mass is 16.5. The molecule has 0 fully saturated rings. The third kappa shape index (κ3) is 8.51. The lowest BCUT2D eigenvalue weighted by Gasteiger charge is -2.10. The highest BCUT2D eigenvalue weighted by Crippen LogP contribution is 2.19. The molecule has 0 spiro atoms. The van der Waals surface area contributed by atoms with Crippen molar-refractivity contribution >= 4 is 35.3 Å². The fourth-order valence-corrected chi connectivity index (χ4v) is 3.06. The van der Waals surface area contributed by atoms with Crippen molar-refractivity contribution in [1.29, 1.82) is 0 Å². The van der Waals surface area contributed by atoms with Crippen molar-refractivity contribution in [2.24, 2.45) is 10.9 Å². The minimum atomic E-state index is -1.18. The smallest absolute Gasteiger partial charge is 0.306 e. The Morgan fingerprint density at radius 1 is 0.909 bits per heavy atom. The fraction of sp³-hybridized carbons (Fsp3) is 0.292. The number of isocyanates is 1. The van der Waals surface area contributed by atoms with Gasteiger partial charge in [0.05, 0.1) is 18.2 Å². The first kappa shape index (κ1) is 25.2. The lowest BCUT2D eigenvalue weighted by molar-refractivity contribution is -0.145. The second-order valence-electron chi connectivity index (χ2n) is 7.27. The number of carboxylic acid groups (broad SMARTS) is 2. The van der Waals surface area contributed by atoms with Gasteiger partial charge in [0.15, 0.2) is 5.78 Å². The van der Waals surface area contributed by atoms with Crippen LogP contribution < -0.4 is 4.74 Å². The number of ether oxygens (including phenoxy) is 1. The number of carbonyl (C=O) groups is 4. The number of aliphatic imine (C=N–C) groups is 1. The highest BCUT2D eigenvalue weighted by Gasteiger charge is 2.21. The van der Waals surface area contributed by atoms with E-state index in [0.29, 0.717) is 29.0 Å². The fourth-order valence-electron chi connectivity index (χ4n) is 3.06. The zero-order chi connectivity index (χ0) is 24.2. The Morgan fingerprint density at radius 2 is 1.52 bits per heavy atom. The lowest BCUT2D eigenvalue weighted by atomic mass is 9.95. The standard InChI is InChI=1S/C24H23NO8/c26-15-25-19-8-3-16(4-9-19)23(30)17-5-10-21(11-6-17)33-13-1-2-20(27)14-18(24(31)32)7-12-22(28)29/h3-6,8-11,18H,1-2,7,12-14H2,(H,28,29)(H,31,32). The average Bonchev–Trinajstić information content (AvgIpc) is 2.80. The second-order valence-corrected chi connectivity index (χ2v) is 7.27. The summed E-state index contributed by atoms with van der Waals surface area (Å²) in [5, 5.41) is 17.8. The Labute approximate surface area is 189 Å². The third-order valence-corrected chi connectivity index (χ3v) is 4.82. The molecule has 2 aromatic rings. The van der Waals surface area contributed by atoms with Crippen molar-refractivity contribution in [3.8, 4) is 5.75 Å². The summed E-state index contributed by atoms with van der Waals surface area (Å²) >= 11 is 0. The summed E-state index contributed by atoms with van der Waals surface area (Å²) in [6, 6.07) is 12.7. The van der Waals surface area contributed by atoms with E-state index in [1.54, 1.807) is 48.5 Å². The van der Waals surface area contributed by atoms with E-state index < -0.39 is 17.9 Å². The van der Waals surface area contributed by atoms with Crippen LogP contribution in [0.2, 0.25) is 0 Å². The Morgan fingerprint density at radius 3 is 2.06 bits per heavy atom. The molecule has 0 radical (unpaired) electrons. The molecule has 0 aliphatic heterocycles. The van der Waals surface area contributed by atoms with Gasteiger partial charge in [0.1, 0.15) is 11.5 Å². The predicted octanol–water partition coefficient (Wildman–Crippen LogP) is 3.57. The van der Waals surface area contributed by atoms with E-state index in [0.717, 1.165) is 0 Å². The monoisotopic (exact) mass is 453 g/mol. The molecular weight excluding hydrogens is 430 g/mol. The number of hydrogen-bond donors (Lipinski definition) is 2. The number of aliphatic carboxylic acids is 2. The summed E-state index contributed by atoms with van der Waals surface area (Å²) in [4.78, 5) is 60.0. The molecular formula is C24H23NO8. The first-order valence-electron chi connectivity index (χ1n) is 10.2. The van der Waals surface area contributed by atoms with E-state index in [1.807, 2.05) is 0 Å². The Balaban J connectivity index is 1.79. The van der Waals surface area contributed by atoms with Crippen molar-refractivity contribution in [2.45, 2.75) is 32.1 Å². The molecule has 0 aliphatic carbocycles. The van der Waals surface area contributed by atoms with Crippen molar-refractivity contribution < 1.29 is 38.9 Å². The lowest BCUT2D eigenvalue weighted by Crippen LogP contribution is -2.19. The van der Waals surface area contributed by atoms with E-state index in [1.165, 1.54) is 6.08 Å². The van der Waals surface area contributed by atoms with Gasteiger partial charge in [0.25, 0.3) is 0 Å². The number of carbonyl (C=O) groups excluding carboxylic acids is 3. The van der Waals surface area contributed by atoms with Crippen LogP contribution in [-0.4, -0.2) is 46.4 Å². The Bertz CT molecular complexity index is 1040. The van der Waals surface area contributed by atoms with Gasteiger partial charge in [-0.3, -0.25) is 19.2 Å². The van der Waals surface area contributed by atoms with Gasteiger partial charge in [-0.25, -0.2) is 4.79 Å². The number of benzene rings is 2. The predicted molar refractivity (Wildman–Crippen MR) is 116 cm³/mol. The maximum atomic E-state index is 12.5. The van der Waals surface area contributed by atoms with E-state index in [2.05, 4.69) is 4.99 Å². The van der Waals surface area contributed by atoms with Gasteiger partial charge >= 0.3 is 11.9 Å². The molecule has 0 saturated heterocycles. The zero-order valence-electron chi connectivity index (χ0n) is 17.7. The second kappa shape index (κ2) is 12.7. The summed E-state index contributed by atoms with van der Waals surface area (Å²) in [6.07, 6.45) is 1.34. The average molecular weight is 453 g/mol. The number of nitrogens with zero attached hydrogens (tertiary/aromatic N) is 1. The van der Waals surface area contributed by atoms with E-state index >= 15 is 0 Å². The summed E-state index contributed by atoms with van der Waals surface area (Å²) in [5.74, 6) is -3.24. The molecule has 0 saturated carbocycles. The molecule has 0 aromatic heterocycles. The number of hydrogen-bond acceptors (Lipinski definition) is 7. The molecule has 0 bridgehead atoms. The molecule has 1 atom stereocenters. The van der Waals surface area contributed by atoms with Crippen molar-refractivity contribution in [1.82, 2.24) is 0 Å². The van der Waals surface area contributed by atoms with Gasteiger partial charge in [-0.1, -0.05) is 0 Å². The van der Waals surface area contributed by atoms with E-state index in [4.69, 9.17) is 14.9 Å². The molecule has 33 heavy (non-hydrogen) atoms. The van der Waals surface area contributed by atoms with Gasteiger partial charge in [0.2, 0.25) is 6.08 Å². The van der Waals surface area contributed by atoms with Crippen LogP contribution >= 0.6 is 0 Å². The molecule has 0 heterocycles. The number of carboxylic acids is 2. The van der Waals surface area contributed by atoms with Crippen LogP contribution in [0.15, 0.2) is 53.5 Å². The third-order valence-electron chi connectivity index (χ3n) is 4.82. The van der Waals surface area contributed by atoms with Gasteiger partial charge in [0, 0.05) is 30.4 Å². The van der Waals surface area contributed by atoms with Gasteiger partial charge in [-0.2, -0.15) is 4.99 Å². The minimum Gasteiger partial charge on any atom is -0.494 e. The number of Topliss-reactive ketones (excluding diaryl/α,β-unsaturated/α-hetero) is 1. The maximum absolute atomic E-state index is 12.5. The number of ketones is 2. The minimum absolute atomic E-state index is 0.0885. The molecule has 9 heteroatoms. The Kier molecular flexibility index (Phi) is 9.67. The summed E-state index contributed by atoms with van der Waals surface area (Å²) in [6.45, 7) is 0.227.